The van der Waals surface area contributed by atoms with Crippen LogP contribution >= 0.6 is 43.5 Å². The molecule has 0 fully saturated rings. The molecule has 0 N–H and O–H groups in total. The molecule has 0 saturated heterocycles. The first-order valence-electron chi connectivity index (χ1n) is 4.17. The molecule has 0 radical (unpaired) electrons. The summed E-state index contributed by atoms with van der Waals surface area (Å²) < 4.78 is 1.92. The molecular formula is C9H11Br2ClN2. The van der Waals surface area contributed by atoms with Gasteiger partial charge in [-0.1, -0.05) is 0 Å². The summed E-state index contributed by atoms with van der Waals surface area (Å²) in [5, 5.41) is 0.109. The Hall–Kier alpha value is 0.200. The zero-order valence-corrected chi connectivity index (χ0v) is 11.9. The Morgan fingerprint density at radius 2 is 2.21 bits per heavy atom. The third-order valence-electron chi connectivity index (χ3n) is 1.68. The zero-order valence-electron chi connectivity index (χ0n) is 7.97. The molecule has 0 aliphatic rings. The minimum absolute atomic E-state index is 0.109. The van der Waals surface area contributed by atoms with Crippen LogP contribution < -0.4 is 4.90 Å². The van der Waals surface area contributed by atoms with E-state index in [-0.39, 0.29) is 5.38 Å². The molecule has 5 heteroatoms. The van der Waals surface area contributed by atoms with Crippen molar-refractivity contribution in [2.45, 2.75) is 12.3 Å². The highest BCUT2D eigenvalue weighted by molar-refractivity contribution is 9.11. The number of hydrogen-bond donors (Lipinski definition) is 0. The van der Waals surface area contributed by atoms with Crippen LogP contribution in [0.1, 0.15) is 6.92 Å². The third-order valence-corrected chi connectivity index (χ3v) is 2.83. The van der Waals surface area contributed by atoms with E-state index < -0.39 is 0 Å². The highest BCUT2D eigenvalue weighted by Crippen LogP contribution is 2.26. The summed E-state index contributed by atoms with van der Waals surface area (Å²) in [5.74, 6) is 0.903. The predicted octanol–water partition coefficient (Wildman–Crippen LogP) is 3.67. The summed E-state index contributed by atoms with van der Waals surface area (Å²) in [6.45, 7) is 2.74. The van der Waals surface area contributed by atoms with E-state index in [1.54, 1.807) is 6.20 Å². The predicted molar refractivity (Wildman–Crippen MR) is 68.2 cm³/mol. The number of halogens is 3. The largest absolute Gasteiger partial charge is 0.357 e. The van der Waals surface area contributed by atoms with Crippen molar-refractivity contribution in [1.82, 2.24) is 4.98 Å². The van der Waals surface area contributed by atoms with Gasteiger partial charge in [-0.3, -0.25) is 0 Å². The van der Waals surface area contributed by atoms with E-state index in [2.05, 4.69) is 36.8 Å². The Balaban J connectivity index is 2.84. The van der Waals surface area contributed by atoms with Crippen molar-refractivity contribution in [3.05, 3.63) is 21.2 Å². The van der Waals surface area contributed by atoms with Crippen LogP contribution in [0.4, 0.5) is 5.82 Å². The van der Waals surface area contributed by atoms with Gasteiger partial charge in [-0.05, 0) is 44.8 Å². The molecule has 1 aromatic rings. The molecule has 0 amide bonds. The molecule has 0 aromatic carbocycles. The lowest BCUT2D eigenvalue weighted by Crippen LogP contribution is -2.25. The van der Waals surface area contributed by atoms with Crippen molar-refractivity contribution in [2.75, 3.05) is 18.5 Å². The fraction of sp³-hybridized carbons (Fsp3) is 0.444. The van der Waals surface area contributed by atoms with E-state index in [1.165, 1.54) is 0 Å². The van der Waals surface area contributed by atoms with Gasteiger partial charge in [-0.25, -0.2) is 4.98 Å². The minimum Gasteiger partial charge on any atom is -0.357 e. The number of alkyl halides is 1. The van der Waals surface area contributed by atoms with Crippen LogP contribution in [0.5, 0.6) is 0 Å². The Morgan fingerprint density at radius 3 is 2.71 bits per heavy atom. The van der Waals surface area contributed by atoms with Crippen molar-refractivity contribution in [1.29, 1.82) is 0 Å². The number of anilines is 1. The van der Waals surface area contributed by atoms with Gasteiger partial charge < -0.3 is 4.90 Å². The fourth-order valence-corrected chi connectivity index (χ4v) is 2.65. The van der Waals surface area contributed by atoms with Crippen molar-refractivity contribution in [2.24, 2.45) is 0 Å². The molecular weight excluding hydrogens is 331 g/mol. The molecule has 0 saturated carbocycles. The second kappa shape index (κ2) is 5.33. The number of rotatable bonds is 3. The quantitative estimate of drug-likeness (QED) is 0.779. The Labute approximate surface area is 106 Å². The molecule has 1 aromatic heterocycles. The van der Waals surface area contributed by atoms with Gasteiger partial charge in [0.2, 0.25) is 0 Å². The smallest absolute Gasteiger partial charge is 0.142 e. The molecule has 0 aliphatic heterocycles. The maximum absolute atomic E-state index is 5.91. The van der Waals surface area contributed by atoms with E-state index in [9.17, 15) is 0 Å². The number of aromatic nitrogens is 1. The van der Waals surface area contributed by atoms with Gasteiger partial charge in [0, 0.05) is 29.6 Å². The van der Waals surface area contributed by atoms with E-state index >= 15 is 0 Å². The molecule has 1 unspecified atom stereocenters. The number of nitrogens with zero attached hydrogens (tertiary/aromatic N) is 2. The molecule has 0 aliphatic carbocycles. The maximum atomic E-state index is 5.91. The van der Waals surface area contributed by atoms with E-state index in [0.717, 1.165) is 21.3 Å². The molecule has 1 atom stereocenters. The minimum atomic E-state index is 0.109. The summed E-state index contributed by atoms with van der Waals surface area (Å²) in [6.07, 6.45) is 1.77. The second-order valence-electron chi connectivity index (χ2n) is 3.12. The van der Waals surface area contributed by atoms with Crippen LogP contribution in [0.25, 0.3) is 0 Å². The van der Waals surface area contributed by atoms with Gasteiger partial charge in [0.25, 0.3) is 0 Å². The molecule has 0 bridgehead atoms. The van der Waals surface area contributed by atoms with Crippen molar-refractivity contribution < 1.29 is 0 Å². The van der Waals surface area contributed by atoms with E-state index in [1.807, 2.05) is 24.9 Å². The molecule has 78 valence electrons. The van der Waals surface area contributed by atoms with Gasteiger partial charge in [0.15, 0.2) is 0 Å². The average molecular weight is 342 g/mol. The summed E-state index contributed by atoms with van der Waals surface area (Å²) in [5.41, 5.74) is 0. The molecule has 1 rings (SSSR count). The third kappa shape index (κ3) is 3.41. The van der Waals surface area contributed by atoms with Gasteiger partial charge in [0.1, 0.15) is 5.82 Å². The van der Waals surface area contributed by atoms with Gasteiger partial charge >= 0.3 is 0 Å². The van der Waals surface area contributed by atoms with E-state index in [0.29, 0.717) is 0 Å². The summed E-state index contributed by atoms with van der Waals surface area (Å²) >= 11 is 12.7. The number of hydrogen-bond acceptors (Lipinski definition) is 2. The molecule has 1 heterocycles. The molecule has 14 heavy (non-hydrogen) atoms. The fourth-order valence-electron chi connectivity index (χ4n) is 1.15. The first-order valence-corrected chi connectivity index (χ1v) is 6.19. The summed E-state index contributed by atoms with van der Waals surface area (Å²) in [4.78, 5) is 6.33. The van der Waals surface area contributed by atoms with Crippen LogP contribution in [0.15, 0.2) is 21.2 Å². The van der Waals surface area contributed by atoms with Gasteiger partial charge in [-0.15, -0.1) is 11.6 Å². The zero-order chi connectivity index (χ0) is 10.7. The Kier molecular flexibility index (Phi) is 4.67. The first-order chi connectivity index (χ1) is 6.50. The highest BCUT2D eigenvalue weighted by atomic mass is 79.9. The Morgan fingerprint density at radius 1 is 1.57 bits per heavy atom. The highest BCUT2D eigenvalue weighted by Gasteiger charge is 2.09. The van der Waals surface area contributed by atoms with Crippen LogP contribution in [0.2, 0.25) is 0 Å². The number of pyridine rings is 1. The monoisotopic (exact) mass is 340 g/mol. The maximum Gasteiger partial charge on any atom is 0.142 e. The van der Waals surface area contributed by atoms with Crippen LogP contribution in [-0.2, 0) is 0 Å². The van der Waals surface area contributed by atoms with Crippen molar-refractivity contribution in [3.8, 4) is 0 Å². The topological polar surface area (TPSA) is 16.1 Å². The molecule has 0 spiro atoms. The van der Waals surface area contributed by atoms with Gasteiger partial charge in [0.05, 0.1) is 4.47 Å². The van der Waals surface area contributed by atoms with Crippen molar-refractivity contribution in [3.63, 3.8) is 0 Å². The standard InChI is InChI=1S/C9H11Br2ClN2/c1-6(12)5-14(2)9-8(11)3-7(10)4-13-9/h3-4,6H,5H2,1-2H3. The normalized spacial score (nSPS) is 12.6. The average Bonchev–Trinajstić information content (AvgIpc) is 2.01. The molecule has 2 nitrogen and oxygen atoms in total. The van der Waals surface area contributed by atoms with E-state index in [4.69, 9.17) is 11.6 Å². The lowest BCUT2D eigenvalue weighted by Gasteiger charge is -2.20. The summed E-state index contributed by atoms with van der Waals surface area (Å²) in [6, 6.07) is 1.97. The van der Waals surface area contributed by atoms with Gasteiger partial charge in [-0.2, -0.15) is 0 Å². The van der Waals surface area contributed by atoms with Crippen LogP contribution in [0, 0.1) is 0 Å². The lowest BCUT2D eigenvalue weighted by atomic mass is 10.4. The summed E-state index contributed by atoms with van der Waals surface area (Å²) in [7, 11) is 1.97. The SMILES string of the molecule is CC(Cl)CN(C)c1ncc(Br)cc1Br. The van der Waals surface area contributed by atoms with Crippen molar-refractivity contribution >= 4 is 49.3 Å². The van der Waals surface area contributed by atoms with Crippen LogP contribution in [0.3, 0.4) is 0 Å². The lowest BCUT2D eigenvalue weighted by molar-refractivity contribution is 0.841. The second-order valence-corrected chi connectivity index (χ2v) is 5.64. The van der Waals surface area contributed by atoms with Crippen LogP contribution in [-0.4, -0.2) is 24.0 Å². The Bertz CT molecular complexity index is 318. The first kappa shape index (κ1) is 12.3.